The van der Waals surface area contributed by atoms with E-state index in [2.05, 4.69) is 0 Å². The average molecular weight is 246 g/mol. The SMILES string of the molecule is Cc1csc(C(=O)N2CCC(O)C2)c1Cl. The minimum atomic E-state index is -0.381. The molecule has 82 valence electrons. The monoisotopic (exact) mass is 245 g/mol. The number of aryl methyl sites for hydroxylation is 1. The molecule has 2 heterocycles. The van der Waals surface area contributed by atoms with Crippen molar-refractivity contribution >= 4 is 28.8 Å². The lowest BCUT2D eigenvalue weighted by Crippen LogP contribution is -2.29. The molecule has 3 nitrogen and oxygen atoms in total. The van der Waals surface area contributed by atoms with Crippen molar-refractivity contribution in [2.24, 2.45) is 0 Å². The Labute approximate surface area is 97.3 Å². The maximum absolute atomic E-state index is 12.0. The molecule has 1 aliphatic rings. The van der Waals surface area contributed by atoms with E-state index in [1.807, 2.05) is 12.3 Å². The molecule has 1 atom stereocenters. The van der Waals surface area contributed by atoms with Crippen LogP contribution in [0.3, 0.4) is 0 Å². The topological polar surface area (TPSA) is 40.5 Å². The van der Waals surface area contributed by atoms with Crippen LogP contribution in [-0.2, 0) is 0 Å². The molecule has 0 radical (unpaired) electrons. The van der Waals surface area contributed by atoms with Gasteiger partial charge in [0.1, 0.15) is 4.88 Å². The maximum Gasteiger partial charge on any atom is 0.265 e. The van der Waals surface area contributed by atoms with Gasteiger partial charge in [0.25, 0.3) is 5.91 Å². The number of carbonyl (C=O) groups is 1. The van der Waals surface area contributed by atoms with Crippen LogP contribution < -0.4 is 0 Å². The van der Waals surface area contributed by atoms with E-state index in [1.54, 1.807) is 4.90 Å². The average Bonchev–Trinajstić information content (AvgIpc) is 2.75. The molecule has 1 aromatic heterocycles. The Bertz CT molecular complexity index is 391. The van der Waals surface area contributed by atoms with Crippen molar-refractivity contribution in [3.05, 3.63) is 20.8 Å². The number of amides is 1. The molecule has 1 fully saturated rings. The molecule has 5 heteroatoms. The van der Waals surface area contributed by atoms with Crippen LogP contribution in [0.2, 0.25) is 5.02 Å². The normalized spacial score (nSPS) is 21.0. The summed E-state index contributed by atoms with van der Waals surface area (Å²) < 4.78 is 0. The minimum Gasteiger partial charge on any atom is -0.391 e. The van der Waals surface area contributed by atoms with Crippen LogP contribution in [0, 0.1) is 6.92 Å². The van der Waals surface area contributed by atoms with Crippen molar-refractivity contribution in [2.45, 2.75) is 19.4 Å². The Morgan fingerprint density at radius 1 is 1.73 bits per heavy atom. The zero-order valence-corrected chi connectivity index (χ0v) is 9.94. The van der Waals surface area contributed by atoms with Gasteiger partial charge in [-0.1, -0.05) is 11.6 Å². The molecule has 0 bridgehead atoms. The molecule has 0 aliphatic carbocycles. The highest BCUT2D eigenvalue weighted by Gasteiger charge is 2.27. The Morgan fingerprint density at radius 2 is 2.47 bits per heavy atom. The second kappa shape index (κ2) is 4.12. The van der Waals surface area contributed by atoms with Crippen LogP contribution in [0.4, 0.5) is 0 Å². The Kier molecular flexibility index (Phi) is 3.00. The van der Waals surface area contributed by atoms with Crippen LogP contribution in [0.25, 0.3) is 0 Å². The molecule has 15 heavy (non-hydrogen) atoms. The number of hydrogen-bond acceptors (Lipinski definition) is 3. The fraction of sp³-hybridized carbons (Fsp3) is 0.500. The van der Waals surface area contributed by atoms with Crippen molar-refractivity contribution in [1.29, 1.82) is 0 Å². The van der Waals surface area contributed by atoms with Gasteiger partial charge in [0.15, 0.2) is 0 Å². The lowest BCUT2D eigenvalue weighted by molar-refractivity contribution is 0.0770. The zero-order chi connectivity index (χ0) is 11.0. The number of likely N-dealkylation sites (tertiary alicyclic amines) is 1. The summed E-state index contributed by atoms with van der Waals surface area (Å²) in [6, 6.07) is 0. The van der Waals surface area contributed by atoms with Gasteiger partial charge in [-0.05, 0) is 24.3 Å². The lowest BCUT2D eigenvalue weighted by Gasteiger charge is -2.14. The van der Waals surface area contributed by atoms with Crippen LogP contribution in [-0.4, -0.2) is 35.1 Å². The number of carbonyl (C=O) groups excluding carboxylic acids is 1. The zero-order valence-electron chi connectivity index (χ0n) is 8.36. The first-order chi connectivity index (χ1) is 7.09. The Balaban J connectivity index is 2.18. The molecule has 1 aromatic rings. The fourth-order valence-electron chi connectivity index (χ4n) is 1.64. The van der Waals surface area contributed by atoms with Gasteiger partial charge >= 0.3 is 0 Å². The highest BCUT2D eigenvalue weighted by molar-refractivity contribution is 7.13. The summed E-state index contributed by atoms with van der Waals surface area (Å²) in [4.78, 5) is 14.2. The lowest BCUT2D eigenvalue weighted by atomic mass is 10.3. The first-order valence-corrected chi connectivity index (χ1v) is 6.06. The molecular formula is C10H12ClNO2S. The second-order valence-electron chi connectivity index (χ2n) is 3.76. The predicted molar refractivity (Wildman–Crippen MR) is 60.6 cm³/mol. The number of aliphatic hydroxyl groups excluding tert-OH is 1. The Hall–Kier alpha value is -0.580. The molecule has 1 amide bonds. The van der Waals surface area contributed by atoms with E-state index in [0.29, 0.717) is 29.4 Å². The van der Waals surface area contributed by atoms with E-state index in [9.17, 15) is 9.90 Å². The number of nitrogens with zero attached hydrogens (tertiary/aromatic N) is 1. The van der Waals surface area contributed by atoms with E-state index in [4.69, 9.17) is 11.6 Å². The summed E-state index contributed by atoms with van der Waals surface area (Å²) in [5.41, 5.74) is 0.935. The minimum absolute atomic E-state index is 0.0605. The summed E-state index contributed by atoms with van der Waals surface area (Å²) in [5.74, 6) is -0.0605. The number of thiophene rings is 1. The predicted octanol–water partition coefficient (Wildman–Crippen LogP) is 1.92. The number of halogens is 1. The van der Waals surface area contributed by atoms with Crippen LogP contribution in [0.1, 0.15) is 21.7 Å². The van der Waals surface area contributed by atoms with E-state index in [1.165, 1.54) is 11.3 Å². The van der Waals surface area contributed by atoms with Gasteiger partial charge < -0.3 is 10.0 Å². The Morgan fingerprint density at radius 3 is 2.93 bits per heavy atom. The molecule has 1 aliphatic heterocycles. The van der Waals surface area contributed by atoms with Gasteiger partial charge in [0.05, 0.1) is 11.1 Å². The van der Waals surface area contributed by atoms with Gasteiger partial charge in [-0.25, -0.2) is 0 Å². The van der Waals surface area contributed by atoms with Gasteiger partial charge in [-0.3, -0.25) is 4.79 Å². The van der Waals surface area contributed by atoms with Crippen molar-refractivity contribution in [3.8, 4) is 0 Å². The quantitative estimate of drug-likeness (QED) is 0.821. The molecule has 1 N–H and O–H groups in total. The molecule has 1 unspecified atom stereocenters. The van der Waals surface area contributed by atoms with Crippen LogP contribution >= 0.6 is 22.9 Å². The maximum atomic E-state index is 12.0. The van der Waals surface area contributed by atoms with Crippen LogP contribution in [0.5, 0.6) is 0 Å². The van der Waals surface area contributed by atoms with Crippen LogP contribution in [0.15, 0.2) is 5.38 Å². The largest absolute Gasteiger partial charge is 0.391 e. The molecule has 0 saturated carbocycles. The third-order valence-corrected chi connectivity index (χ3v) is 4.23. The molecule has 1 saturated heterocycles. The molecule has 0 spiro atoms. The van der Waals surface area contributed by atoms with Crippen molar-refractivity contribution < 1.29 is 9.90 Å². The van der Waals surface area contributed by atoms with Gasteiger partial charge in [0.2, 0.25) is 0 Å². The van der Waals surface area contributed by atoms with Crippen molar-refractivity contribution in [3.63, 3.8) is 0 Å². The number of β-amino-alcohol motifs (C(OH)–C–C–N with tert-alkyl or cyclic N) is 1. The summed E-state index contributed by atoms with van der Waals surface area (Å²) in [6.07, 6.45) is 0.280. The summed E-state index contributed by atoms with van der Waals surface area (Å²) >= 11 is 7.39. The standard InChI is InChI=1S/C10H12ClNO2S/c1-6-5-15-9(8(6)11)10(14)12-3-2-7(13)4-12/h5,7,13H,2-4H2,1H3. The summed E-state index contributed by atoms with van der Waals surface area (Å²) in [7, 11) is 0. The second-order valence-corrected chi connectivity index (χ2v) is 5.01. The van der Waals surface area contributed by atoms with Gasteiger partial charge in [-0.15, -0.1) is 11.3 Å². The molecular weight excluding hydrogens is 234 g/mol. The fourth-order valence-corrected chi connectivity index (χ4v) is 2.88. The molecule has 0 aromatic carbocycles. The number of hydrogen-bond donors (Lipinski definition) is 1. The highest BCUT2D eigenvalue weighted by Crippen LogP contribution is 2.29. The van der Waals surface area contributed by atoms with Gasteiger partial charge in [-0.2, -0.15) is 0 Å². The third kappa shape index (κ3) is 2.02. The summed E-state index contributed by atoms with van der Waals surface area (Å²) in [5, 5.41) is 11.8. The smallest absolute Gasteiger partial charge is 0.265 e. The van der Waals surface area contributed by atoms with E-state index in [-0.39, 0.29) is 12.0 Å². The summed E-state index contributed by atoms with van der Waals surface area (Å²) in [6.45, 7) is 2.92. The molecule has 2 rings (SSSR count). The van der Waals surface area contributed by atoms with Crippen molar-refractivity contribution in [1.82, 2.24) is 4.90 Å². The highest BCUT2D eigenvalue weighted by atomic mass is 35.5. The van der Waals surface area contributed by atoms with E-state index >= 15 is 0 Å². The van der Waals surface area contributed by atoms with Gasteiger partial charge in [0, 0.05) is 13.1 Å². The first kappa shape index (κ1) is 10.9. The number of aliphatic hydroxyl groups is 1. The third-order valence-electron chi connectivity index (χ3n) is 2.54. The number of rotatable bonds is 1. The van der Waals surface area contributed by atoms with E-state index in [0.717, 1.165) is 5.56 Å². The first-order valence-electron chi connectivity index (χ1n) is 4.80. The van der Waals surface area contributed by atoms with Crippen molar-refractivity contribution in [2.75, 3.05) is 13.1 Å². The van der Waals surface area contributed by atoms with E-state index < -0.39 is 0 Å².